The van der Waals surface area contributed by atoms with Crippen molar-refractivity contribution in [3.8, 4) is 0 Å². The van der Waals surface area contributed by atoms with Crippen molar-refractivity contribution in [1.82, 2.24) is 9.38 Å². The molecule has 0 saturated heterocycles. The monoisotopic (exact) mass is 290 g/mol. The van der Waals surface area contributed by atoms with Gasteiger partial charge in [-0.1, -0.05) is 17.7 Å². The molecule has 102 valence electrons. The van der Waals surface area contributed by atoms with E-state index in [1.54, 1.807) is 34.9 Å². The number of halogens is 1. The van der Waals surface area contributed by atoms with Crippen molar-refractivity contribution in [3.63, 3.8) is 0 Å². The number of imidazole rings is 1. The number of furan rings is 1. The minimum Gasteiger partial charge on any atom is -0.469 e. The molecule has 0 unspecified atom stereocenters. The highest BCUT2D eigenvalue weighted by molar-refractivity contribution is 6.32. The number of hydrogen-bond acceptors (Lipinski definition) is 4. The lowest BCUT2D eigenvalue weighted by molar-refractivity contribution is 0.0592. The highest BCUT2D eigenvalue weighted by atomic mass is 35.5. The molecule has 0 aliphatic rings. The van der Waals surface area contributed by atoms with Crippen molar-refractivity contribution in [2.45, 2.75) is 6.42 Å². The first-order valence-corrected chi connectivity index (χ1v) is 6.35. The van der Waals surface area contributed by atoms with Crippen LogP contribution in [0.3, 0.4) is 0 Å². The number of carbonyl (C=O) groups is 1. The van der Waals surface area contributed by atoms with Gasteiger partial charge in [0.25, 0.3) is 0 Å². The Kier molecular flexibility index (Phi) is 3.20. The average molecular weight is 291 g/mol. The molecule has 0 amide bonds. The number of ether oxygens (including phenoxy) is 1. The summed E-state index contributed by atoms with van der Waals surface area (Å²) in [6.07, 6.45) is 2.03. The van der Waals surface area contributed by atoms with Crippen molar-refractivity contribution in [2.24, 2.45) is 0 Å². The van der Waals surface area contributed by atoms with Gasteiger partial charge in [-0.05, 0) is 24.3 Å². The van der Waals surface area contributed by atoms with Crippen LogP contribution in [0.1, 0.15) is 22.1 Å². The summed E-state index contributed by atoms with van der Waals surface area (Å²) in [4.78, 5) is 16.2. The van der Waals surface area contributed by atoms with Gasteiger partial charge in [-0.3, -0.25) is 4.40 Å². The first-order valence-electron chi connectivity index (χ1n) is 5.97. The summed E-state index contributed by atoms with van der Waals surface area (Å²) in [5, 5.41) is 0.345. The van der Waals surface area contributed by atoms with Gasteiger partial charge in [-0.2, -0.15) is 0 Å². The van der Waals surface area contributed by atoms with E-state index >= 15 is 0 Å². The van der Waals surface area contributed by atoms with Crippen LogP contribution in [0.4, 0.5) is 0 Å². The lowest BCUT2D eigenvalue weighted by Gasteiger charge is -2.06. The van der Waals surface area contributed by atoms with Crippen LogP contribution in [0.2, 0.25) is 5.15 Å². The van der Waals surface area contributed by atoms with Crippen LogP contribution in [0.15, 0.2) is 41.0 Å². The third-order valence-corrected chi connectivity index (χ3v) is 3.27. The van der Waals surface area contributed by atoms with Gasteiger partial charge >= 0.3 is 5.97 Å². The van der Waals surface area contributed by atoms with Crippen LogP contribution < -0.4 is 0 Å². The SMILES string of the molecule is COC(=O)c1cccc2c(Cl)nc(Cc3ccco3)n12. The molecular formula is C14H11ClN2O3. The Morgan fingerprint density at radius 3 is 2.95 bits per heavy atom. The zero-order valence-electron chi connectivity index (χ0n) is 10.7. The second-order valence-electron chi connectivity index (χ2n) is 4.20. The van der Waals surface area contributed by atoms with Gasteiger partial charge in [0.2, 0.25) is 0 Å². The second-order valence-corrected chi connectivity index (χ2v) is 4.56. The number of esters is 1. The summed E-state index contributed by atoms with van der Waals surface area (Å²) in [5.74, 6) is 0.930. The van der Waals surface area contributed by atoms with E-state index in [9.17, 15) is 4.79 Å². The summed E-state index contributed by atoms with van der Waals surface area (Å²) < 4.78 is 11.8. The zero-order valence-corrected chi connectivity index (χ0v) is 11.4. The van der Waals surface area contributed by atoms with E-state index in [-0.39, 0.29) is 0 Å². The topological polar surface area (TPSA) is 56.7 Å². The molecule has 0 aliphatic heterocycles. The first kappa shape index (κ1) is 12.7. The van der Waals surface area contributed by atoms with E-state index < -0.39 is 5.97 Å². The Balaban J connectivity index is 2.19. The third-order valence-electron chi connectivity index (χ3n) is 2.99. The summed E-state index contributed by atoms with van der Waals surface area (Å²) in [5.41, 5.74) is 1.04. The summed E-state index contributed by atoms with van der Waals surface area (Å²) in [6.45, 7) is 0. The minimum atomic E-state index is -0.439. The number of fused-ring (bicyclic) bond motifs is 1. The van der Waals surface area contributed by atoms with E-state index in [4.69, 9.17) is 20.8 Å². The molecule has 0 bridgehead atoms. The minimum absolute atomic E-state index is 0.345. The fourth-order valence-electron chi connectivity index (χ4n) is 2.12. The number of hydrogen-bond donors (Lipinski definition) is 0. The molecule has 0 spiro atoms. The summed E-state index contributed by atoms with van der Waals surface area (Å²) in [6, 6.07) is 8.85. The van der Waals surface area contributed by atoms with Gasteiger partial charge in [0.05, 0.1) is 25.3 Å². The number of aromatic nitrogens is 2. The molecule has 0 saturated carbocycles. The molecule has 20 heavy (non-hydrogen) atoms. The van der Waals surface area contributed by atoms with Crippen LogP contribution in [0.25, 0.3) is 5.52 Å². The molecule has 6 heteroatoms. The van der Waals surface area contributed by atoms with Crippen molar-refractivity contribution >= 4 is 23.1 Å². The Morgan fingerprint density at radius 2 is 2.25 bits per heavy atom. The number of rotatable bonds is 3. The maximum atomic E-state index is 11.9. The van der Waals surface area contributed by atoms with Gasteiger partial charge < -0.3 is 9.15 Å². The maximum absolute atomic E-state index is 11.9. The molecule has 5 nitrogen and oxygen atoms in total. The van der Waals surface area contributed by atoms with Gasteiger partial charge in [-0.25, -0.2) is 9.78 Å². The molecule has 0 atom stereocenters. The van der Waals surface area contributed by atoms with E-state index in [2.05, 4.69) is 4.98 Å². The molecule has 3 aromatic heterocycles. The highest BCUT2D eigenvalue weighted by Crippen LogP contribution is 2.22. The maximum Gasteiger partial charge on any atom is 0.355 e. The molecule has 3 aromatic rings. The quantitative estimate of drug-likeness (QED) is 0.696. The van der Waals surface area contributed by atoms with Gasteiger partial charge in [-0.15, -0.1) is 0 Å². The lowest BCUT2D eigenvalue weighted by atomic mass is 10.3. The Bertz CT molecular complexity index is 762. The van der Waals surface area contributed by atoms with Crippen molar-refractivity contribution in [2.75, 3.05) is 7.11 Å². The molecule has 0 radical (unpaired) electrons. The van der Waals surface area contributed by atoms with E-state index in [1.807, 2.05) is 6.07 Å². The largest absolute Gasteiger partial charge is 0.469 e. The fourth-order valence-corrected chi connectivity index (χ4v) is 2.37. The van der Waals surface area contributed by atoms with E-state index in [0.717, 1.165) is 5.76 Å². The number of carbonyl (C=O) groups excluding carboxylic acids is 1. The Morgan fingerprint density at radius 1 is 1.40 bits per heavy atom. The number of methoxy groups -OCH3 is 1. The fraction of sp³-hybridized carbons (Fsp3) is 0.143. The second kappa shape index (κ2) is 5.02. The van der Waals surface area contributed by atoms with Gasteiger partial charge in [0.15, 0.2) is 5.15 Å². The summed E-state index contributed by atoms with van der Waals surface area (Å²) in [7, 11) is 1.34. The highest BCUT2D eigenvalue weighted by Gasteiger charge is 2.18. The van der Waals surface area contributed by atoms with Crippen LogP contribution in [-0.2, 0) is 11.2 Å². The van der Waals surface area contributed by atoms with Crippen LogP contribution in [0.5, 0.6) is 0 Å². The standard InChI is InChI=1S/C14H11ClN2O3/c1-19-14(18)11-6-2-5-10-13(15)16-12(17(10)11)8-9-4-3-7-20-9/h2-7H,8H2,1H3. The van der Waals surface area contributed by atoms with Crippen molar-refractivity contribution in [3.05, 3.63) is 59.0 Å². The lowest BCUT2D eigenvalue weighted by Crippen LogP contribution is -2.10. The molecule has 0 aromatic carbocycles. The molecule has 0 aliphatic carbocycles. The third kappa shape index (κ3) is 2.06. The molecule has 0 N–H and O–H groups in total. The molecule has 3 rings (SSSR count). The Hall–Kier alpha value is -2.27. The summed E-state index contributed by atoms with van der Waals surface area (Å²) >= 11 is 6.12. The molecule has 0 fully saturated rings. The number of pyridine rings is 1. The van der Waals surface area contributed by atoms with Gasteiger partial charge in [0, 0.05) is 0 Å². The van der Waals surface area contributed by atoms with Crippen LogP contribution in [0, 0.1) is 0 Å². The van der Waals surface area contributed by atoms with E-state index in [0.29, 0.717) is 28.6 Å². The smallest absolute Gasteiger partial charge is 0.355 e. The predicted octanol–water partition coefficient (Wildman–Crippen LogP) is 2.96. The zero-order chi connectivity index (χ0) is 14.1. The molecule has 3 heterocycles. The normalized spacial score (nSPS) is 10.9. The van der Waals surface area contributed by atoms with E-state index in [1.165, 1.54) is 7.11 Å². The van der Waals surface area contributed by atoms with Crippen LogP contribution >= 0.6 is 11.6 Å². The molecular weight excluding hydrogens is 280 g/mol. The van der Waals surface area contributed by atoms with Crippen molar-refractivity contribution in [1.29, 1.82) is 0 Å². The first-order chi connectivity index (χ1) is 9.70. The van der Waals surface area contributed by atoms with Crippen molar-refractivity contribution < 1.29 is 13.9 Å². The Labute approximate surface area is 119 Å². The average Bonchev–Trinajstić information content (AvgIpc) is 3.07. The van der Waals surface area contributed by atoms with Crippen LogP contribution in [-0.4, -0.2) is 22.5 Å². The van der Waals surface area contributed by atoms with Gasteiger partial charge in [0.1, 0.15) is 17.3 Å². The number of nitrogens with zero attached hydrogens (tertiary/aromatic N) is 2. The predicted molar refractivity (Wildman–Crippen MR) is 73.1 cm³/mol.